The zero-order chi connectivity index (χ0) is 12.3. The number of anilines is 1. The maximum absolute atomic E-state index is 11.8. The van der Waals surface area contributed by atoms with E-state index in [1.54, 1.807) is 18.2 Å². The van der Waals surface area contributed by atoms with Gasteiger partial charge in [-0.3, -0.25) is 4.79 Å². The van der Waals surface area contributed by atoms with Gasteiger partial charge in [0.15, 0.2) is 0 Å². The zero-order valence-corrected chi connectivity index (χ0v) is 11.2. The first-order valence-corrected chi connectivity index (χ1v) is 5.84. The van der Waals surface area contributed by atoms with Crippen molar-refractivity contribution in [3.8, 4) is 0 Å². The van der Waals surface area contributed by atoms with Crippen LogP contribution in [0.25, 0.3) is 0 Å². The zero-order valence-electron chi connectivity index (χ0n) is 10.4. The minimum Gasteiger partial charge on any atom is -0.384 e. The van der Waals surface area contributed by atoms with Crippen molar-refractivity contribution < 1.29 is 4.79 Å². The Kier molecular flexibility index (Phi) is 5.37. The number of carbonyl (C=O) groups is 1. The molecule has 0 radical (unpaired) electrons. The van der Waals surface area contributed by atoms with Crippen LogP contribution in [0, 0.1) is 5.92 Å². The Morgan fingerprint density at radius 2 is 2.39 bits per heavy atom. The van der Waals surface area contributed by atoms with Gasteiger partial charge in [0.25, 0.3) is 5.91 Å². The first-order chi connectivity index (χ1) is 8.15. The van der Waals surface area contributed by atoms with E-state index in [4.69, 9.17) is 5.73 Å². The Balaban J connectivity index is 0.00000162. The first kappa shape index (κ1) is 14.7. The third-order valence-corrected chi connectivity index (χ3v) is 3.04. The number of nitrogen functional groups attached to an aromatic ring is 1. The minimum absolute atomic E-state index is 0. The molecule has 1 saturated heterocycles. The Morgan fingerprint density at radius 1 is 1.61 bits per heavy atom. The van der Waals surface area contributed by atoms with Gasteiger partial charge in [-0.05, 0) is 38.1 Å². The molecule has 6 heteroatoms. The number of nitrogens with two attached hydrogens (primary N) is 1. The highest BCUT2D eigenvalue weighted by Gasteiger charge is 2.20. The maximum Gasteiger partial charge on any atom is 0.269 e. The summed E-state index contributed by atoms with van der Waals surface area (Å²) in [5.74, 6) is 0.773. The molecule has 5 nitrogen and oxygen atoms in total. The van der Waals surface area contributed by atoms with Crippen molar-refractivity contribution in [1.29, 1.82) is 0 Å². The van der Waals surface area contributed by atoms with Gasteiger partial charge in [0.05, 0.1) is 0 Å². The third-order valence-electron chi connectivity index (χ3n) is 3.04. The summed E-state index contributed by atoms with van der Waals surface area (Å²) in [4.78, 5) is 18.1. The van der Waals surface area contributed by atoms with Crippen LogP contribution < -0.4 is 11.1 Å². The topological polar surface area (TPSA) is 71.2 Å². The van der Waals surface area contributed by atoms with Crippen molar-refractivity contribution in [3.05, 3.63) is 23.9 Å². The van der Waals surface area contributed by atoms with Crippen molar-refractivity contribution in [1.82, 2.24) is 15.2 Å². The molecule has 0 aliphatic carbocycles. The van der Waals surface area contributed by atoms with Crippen LogP contribution in [0.4, 0.5) is 5.82 Å². The Labute approximate surface area is 113 Å². The number of aromatic nitrogens is 1. The van der Waals surface area contributed by atoms with Crippen LogP contribution in [-0.4, -0.2) is 42.5 Å². The van der Waals surface area contributed by atoms with Gasteiger partial charge < -0.3 is 16.0 Å². The molecule has 2 rings (SSSR count). The summed E-state index contributed by atoms with van der Waals surface area (Å²) in [5.41, 5.74) is 5.92. The molecule has 1 aliphatic heterocycles. The molecule has 18 heavy (non-hydrogen) atoms. The molecule has 0 aromatic carbocycles. The predicted molar refractivity (Wildman–Crippen MR) is 73.8 cm³/mol. The molecule has 1 unspecified atom stereocenters. The molecule has 1 aromatic rings. The molecule has 1 atom stereocenters. The van der Waals surface area contributed by atoms with E-state index < -0.39 is 0 Å². The van der Waals surface area contributed by atoms with E-state index in [9.17, 15) is 4.79 Å². The van der Waals surface area contributed by atoms with Crippen molar-refractivity contribution in [3.63, 3.8) is 0 Å². The Hall–Kier alpha value is -1.33. The quantitative estimate of drug-likeness (QED) is 0.851. The molecule has 1 amide bonds. The number of nitrogens with zero attached hydrogens (tertiary/aromatic N) is 2. The van der Waals surface area contributed by atoms with Crippen LogP contribution in [0.1, 0.15) is 16.9 Å². The number of likely N-dealkylation sites (tertiary alicyclic amines) is 1. The van der Waals surface area contributed by atoms with Gasteiger partial charge in [0.1, 0.15) is 11.5 Å². The van der Waals surface area contributed by atoms with E-state index >= 15 is 0 Å². The van der Waals surface area contributed by atoms with Gasteiger partial charge in [0, 0.05) is 13.1 Å². The number of carbonyl (C=O) groups excluding carboxylic acids is 1. The van der Waals surface area contributed by atoms with E-state index in [0.717, 1.165) is 19.5 Å². The fourth-order valence-corrected chi connectivity index (χ4v) is 2.10. The largest absolute Gasteiger partial charge is 0.384 e. The van der Waals surface area contributed by atoms with Crippen molar-refractivity contribution in [2.24, 2.45) is 5.92 Å². The number of rotatable bonds is 3. The number of amides is 1. The highest BCUT2D eigenvalue weighted by Crippen LogP contribution is 2.13. The maximum atomic E-state index is 11.8. The van der Waals surface area contributed by atoms with E-state index in [2.05, 4.69) is 22.2 Å². The third kappa shape index (κ3) is 3.85. The lowest BCUT2D eigenvalue weighted by molar-refractivity contribution is 0.0942. The number of halogens is 1. The average molecular weight is 271 g/mol. The highest BCUT2D eigenvalue weighted by atomic mass is 35.5. The molecular weight excluding hydrogens is 252 g/mol. The molecule has 2 heterocycles. The lowest BCUT2D eigenvalue weighted by Gasteiger charge is -2.11. The fraction of sp³-hybridized carbons (Fsp3) is 0.500. The van der Waals surface area contributed by atoms with Gasteiger partial charge >= 0.3 is 0 Å². The lowest BCUT2D eigenvalue weighted by atomic mass is 10.1. The second-order valence-corrected chi connectivity index (χ2v) is 4.57. The minimum atomic E-state index is -0.146. The van der Waals surface area contributed by atoms with Gasteiger partial charge in [-0.2, -0.15) is 0 Å². The molecule has 0 saturated carbocycles. The normalized spacial score (nSPS) is 19.3. The second kappa shape index (κ2) is 6.56. The fourth-order valence-electron chi connectivity index (χ4n) is 2.10. The summed E-state index contributed by atoms with van der Waals surface area (Å²) in [7, 11) is 2.10. The summed E-state index contributed by atoms with van der Waals surface area (Å²) in [6.07, 6.45) is 1.14. The van der Waals surface area contributed by atoms with Crippen LogP contribution in [0.5, 0.6) is 0 Å². The van der Waals surface area contributed by atoms with Crippen LogP contribution in [0.3, 0.4) is 0 Å². The molecular formula is C12H19ClN4O. The van der Waals surface area contributed by atoms with Crippen LogP contribution in [0.2, 0.25) is 0 Å². The Morgan fingerprint density at radius 3 is 3.00 bits per heavy atom. The highest BCUT2D eigenvalue weighted by molar-refractivity contribution is 5.92. The number of pyridine rings is 1. The monoisotopic (exact) mass is 270 g/mol. The standard InChI is InChI=1S/C12H18N4O.ClH/c1-16-6-5-9(8-16)7-14-12(17)10-3-2-4-11(13)15-10;/h2-4,9H,5-8H2,1H3,(H2,13,15)(H,14,17);1H. The molecule has 1 aromatic heterocycles. The molecule has 1 fully saturated rings. The van der Waals surface area contributed by atoms with Gasteiger partial charge in [0.2, 0.25) is 0 Å². The number of nitrogens with one attached hydrogen (secondary N) is 1. The number of hydrogen-bond acceptors (Lipinski definition) is 4. The number of hydrogen-bond donors (Lipinski definition) is 2. The molecule has 0 bridgehead atoms. The molecule has 3 N–H and O–H groups in total. The summed E-state index contributed by atoms with van der Waals surface area (Å²) in [5, 5.41) is 2.90. The van der Waals surface area contributed by atoms with E-state index in [0.29, 0.717) is 24.0 Å². The second-order valence-electron chi connectivity index (χ2n) is 4.57. The predicted octanol–water partition coefficient (Wildman–Crippen LogP) is 0.767. The van der Waals surface area contributed by atoms with Crippen LogP contribution in [-0.2, 0) is 0 Å². The first-order valence-electron chi connectivity index (χ1n) is 5.84. The van der Waals surface area contributed by atoms with Crippen molar-refractivity contribution in [2.45, 2.75) is 6.42 Å². The smallest absolute Gasteiger partial charge is 0.269 e. The van der Waals surface area contributed by atoms with Gasteiger partial charge in [-0.25, -0.2) is 4.98 Å². The molecule has 100 valence electrons. The van der Waals surface area contributed by atoms with Crippen molar-refractivity contribution >= 4 is 24.1 Å². The molecule has 0 spiro atoms. The summed E-state index contributed by atoms with van der Waals surface area (Å²) in [6.45, 7) is 2.86. The lowest BCUT2D eigenvalue weighted by Crippen LogP contribution is -2.31. The van der Waals surface area contributed by atoms with Crippen LogP contribution >= 0.6 is 12.4 Å². The van der Waals surface area contributed by atoms with Gasteiger partial charge in [-0.1, -0.05) is 6.07 Å². The van der Waals surface area contributed by atoms with E-state index in [-0.39, 0.29) is 18.3 Å². The Bertz CT molecular complexity index is 413. The van der Waals surface area contributed by atoms with Crippen molar-refractivity contribution in [2.75, 3.05) is 32.4 Å². The summed E-state index contributed by atoms with van der Waals surface area (Å²) in [6, 6.07) is 5.08. The molecule has 1 aliphatic rings. The van der Waals surface area contributed by atoms with Gasteiger partial charge in [-0.15, -0.1) is 12.4 Å². The van der Waals surface area contributed by atoms with E-state index in [1.807, 2.05) is 0 Å². The average Bonchev–Trinajstić information content (AvgIpc) is 2.72. The van der Waals surface area contributed by atoms with E-state index in [1.165, 1.54) is 0 Å². The summed E-state index contributed by atoms with van der Waals surface area (Å²) >= 11 is 0. The van der Waals surface area contributed by atoms with Crippen LogP contribution in [0.15, 0.2) is 18.2 Å². The summed E-state index contributed by atoms with van der Waals surface area (Å²) < 4.78 is 0. The SMILES string of the molecule is CN1CCC(CNC(=O)c2cccc(N)n2)C1.Cl.